The molecule has 0 saturated carbocycles. The summed E-state index contributed by atoms with van der Waals surface area (Å²) < 4.78 is 0. The van der Waals surface area contributed by atoms with Crippen LogP contribution < -0.4 is 5.32 Å². The fourth-order valence-electron chi connectivity index (χ4n) is 1.39. The second kappa shape index (κ2) is 7.69. The summed E-state index contributed by atoms with van der Waals surface area (Å²) in [6.07, 6.45) is 1.84. The van der Waals surface area contributed by atoms with Crippen molar-refractivity contribution in [1.82, 2.24) is 10.3 Å². The first-order valence-electron chi connectivity index (χ1n) is 5.89. The Hall–Kier alpha value is -0.540. The van der Waals surface area contributed by atoms with Crippen molar-refractivity contribution in [3.63, 3.8) is 0 Å². The molecule has 1 aromatic rings. The molecule has 0 fully saturated rings. The van der Waals surface area contributed by atoms with Crippen LogP contribution in [0.15, 0.2) is 18.3 Å². The Morgan fingerprint density at radius 2 is 2.25 bits per heavy atom. The van der Waals surface area contributed by atoms with Crippen molar-refractivity contribution in [2.45, 2.75) is 27.3 Å². The highest BCUT2D eigenvalue weighted by Gasteiger charge is 1.97. The minimum absolute atomic E-state index is 0.797. The number of hydrogen-bond donors (Lipinski definition) is 1. The van der Waals surface area contributed by atoms with Crippen LogP contribution in [0.3, 0.4) is 0 Å². The number of nitrogens with zero attached hydrogens (tertiary/aromatic N) is 1. The molecule has 1 heterocycles. The molecule has 0 aliphatic rings. The molecule has 0 aliphatic carbocycles. The van der Waals surface area contributed by atoms with E-state index in [1.165, 1.54) is 17.1 Å². The lowest BCUT2D eigenvalue weighted by molar-refractivity contribution is 0.720. The maximum atomic E-state index is 4.27. The SMILES string of the molecule is Cc1ncccc1CNCCSCC(C)C. The molecular weight excluding hydrogens is 216 g/mol. The molecule has 3 heteroatoms. The van der Waals surface area contributed by atoms with E-state index in [1.54, 1.807) is 0 Å². The molecule has 1 N–H and O–H groups in total. The fourth-order valence-corrected chi connectivity index (χ4v) is 2.32. The lowest BCUT2D eigenvalue weighted by Crippen LogP contribution is -2.17. The molecule has 2 nitrogen and oxygen atoms in total. The van der Waals surface area contributed by atoms with E-state index in [0.29, 0.717) is 0 Å². The smallest absolute Gasteiger partial charge is 0.0417 e. The molecule has 0 aromatic carbocycles. The van der Waals surface area contributed by atoms with Crippen LogP contribution >= 0.6 is 11.8 Å². The molecule has 0 aliphatic heterocycles. The number of hydrogen-bond acceptors (Lipinski definition) is 3. The largest absolute Gasteiger partial charge is 0.312 e. The molecule has 0 unspecified atom stereocenters. The third kappa shape index (κ3) is 5.52. The van der Waals surface area contributed by atoms with Gasteiger partial charge in [-0.2, -0.15) is 11.8 Å². The van der Waals surface area contributed by atoms with Gasteiger partial charge in [-0.1, -0.05) is 19.9 Å². The van der Waals surface area contributed by atoms with Crippen molar-refractivity contribution in [1.29, 1.82) is 0 Å². The summed E-state index contributed by atoms with van der Waals surface area (Å²) >= 11 is 2.02. The van der Waals surface area contributed by atoms with Crippen molar-refractivity contribution in [3.8, 4) is 0 Å². The number of pyridine rings is 1. The van der Waals surface area contributed by atoms with E-state index in [9.17, 15) is 0 Å². The average molecular weight is 238 g/mol. The molecule has 90 valence electrons. The van der Waals surface area contributed by atoms with Gasteiger partial charge in [-0.05, 0) is 30.2 Å². The van der Waals surface area contributed by atoms with Gasteiger partial charge in [-0.3, -0.25) is 4.98 Å². The van der Waals surface area contributed by atoms with Crippen molar-refractivity contribution >= 4 is 11.8 Å². The molecular formula is C13H22N2S. The first-order valence-corrected chi connectivity index (χ1v) is 7.04. The Bertz CT molecular complexity index is 300. The van der Waals surface area contributed by atoms with Crippen molar-refractivity contribution in [2.75, 3.05) is 18.1 Å². The second-order valence-electron chi connectivity index (χ2n) is 4.39. The summed E-state index contributed by atoms with van der Waals surface area (Å²) in [5.74, 6) is 3.25. The van der Waals surface area contributed by atoms with E-state index in [2.05, 4.69) is 37.1 Å². The van der Waals surface area contributed by atoms with Crippen LogP contribution in [-0.2, 0) is 6.54 Å². The monoisotopic (exact) mass is 238 g/mol. The van der Waals surface area contributed by atoms with Crippen LogP contribution in [0.2, 0.25) is 0 Å². The maximum absolute atomic E-state index is 4.27. The van der Waals surface area contributed by atoms with Crippen molar-refractivity contribution in [2.24, 2.45) is 5.92 Å². The quantitative estimate of drug-likeness (QED) is 0.739. The van der Waals surface area contributed by atoms with Gasteiger partial charge in [0.15, 0.2) is 0 Å². The van der Waals surface area contributed by atoms with E-state index in [0.717, 1.165) is 24.7 Å². The van der Waals surface area contributed by atoms with Crippen LogP contribution in [0.4, 0.5) is 0 Å². The summed E-state index contributed by atoms with van der Waals surface area (Å²) in [7, 11) is 0. The highest BCUT2D eigenvalue weighted by molar-refractivity contribution is 7.99. The normalized spacial score (nSPS) is 11.0. The highest BCUT2D eigenvalue weighted by Crippen LogP contribution is 2.06. The van der Waals surface area contributed by atoms with Gasteiger partial charge in [-0.25, -0.2) is 0 Å². The fraction of sp³-hybridized carbons (Fsp3) is 0.615. The topological polar surface area (TPSA) is 24.9 Å². The summed E-state index contributed by atoms with van der Waals surface area (Å²) in [6.45, 7) is 8.59. The predicted molar refractivity (Wildman–Crippen MR) is 72.8 cm³/mol. The first-order chi connectivity index (χ1) is 7.70. The molecule has 0 amide bonds. The van der Waals surface area contributed by atoms with Gasteiger partial charge < -0.3 is 5.32 Å². The molecule has 0 atom stereocenters. The Labute approximate surface area is 103 Å². The van der Waals surface area contributed by atoms with Gasteiger partial charge in [0.05, 0.1) is 0 Å². The zero-order valence-electron chi connectivity index (χ0n) is 10.5. The standard InChI is InChI=1S/C13H22N2S/c1-11(2)10-16-8-7-14-9-13-5-4-6-15-12(13)3/h4-6,11,14H,7-10H2,1-3H3. The molecule has 16 heavy (non-hydrogen) atoms. The number of rotatable bonds is 7. The average Bonchev–Trinajstić information content (AvgIpc) is 2.25. The number of aryl methyl sites for hydroxylation is 1. The third-order valence-corrected chi connectivity index (χ3v) is 3.70. The second-order valence-corrected chi connectivity index (χ2v) is 5.54. The lowest BCUT2D eigenvalue weighted by Gasteiger charge is -2.07. The van der Waals surface area contributed by atoms with Crippen LogP contribution in [0.25, 0.3) is 0 Å². The molecule has 0 saturated heterocycles. The molecule has 0 spiro atoms. The van der Waals surface area contributed by atoms with Crippen LogP contribution in [-0.4, -0.2) is 23.0 Å². The van der Waals surface area contributed by atoms with Crippen LogP contribution in [0.1, 0.15) is 25.1 Å². The number of aromatic nitrogens is 1. The Kier molecular flexibility index (Phi) is 6.50. The van der Waals surface area contributed by atoms with E-state index in [4.69, 9.17) is 0 Å². The number of thioether (sulfide) groups is 1. The van der Waals surface area contributed by atoms with Crippen LogP contribution in [0, 0.1) is 12.8 Å². The molecule has 0 radical (unpaired) electrons. The summed E-state index contributed by atoms with van der Waals surface area (Å²) in [5, 5.41) is 3.46. The van der Waals surface area contributed by atoms with Crippen LogP contribution in [0.5, 0.6) is 0 Å². The minimum Gasteiger partial charge on any atom is -0.312 e. The zero-order valence-corrected chi connectivity index (χ0v) is 11.3. The first kappa shape index (κ1) is 13.5. The molecule has 0 bridgehead atoms. The Morgan fingerprint density at radius 3 is 2.94 bits per heavy atom. The zero-order chi connectivity index (χ0) is 11.8. The van der Waals surface area contributed by atoms with Crippen molar-refractivity contribution in [3.05, 3.63) is 29.6 Å². The van der Waals surface area contributed by atoms with E-state index < -0.39 is 0 Å². The maximum Gasteiger partial charge on any atom is 0.0417 e. The van der Waals surface area contributed by atoms with E-state index >= 15 is 0 Å². The minimum atomic E-state index is 0.797. The Morgan fingerprint density at radius 1 is 1.44 bits per heavy atom. The molecule has 1 rings (SSSR count). The predicted octanol–water partition coefficient (Wildman–Crippen LogP) is 2.87. The lowest BCUT2D eigenvalue weighted by atomic mass is 10.2. The van der Waals surface area contributed by atoms with Gasteiger partial charge in [0, 0.05) is 30.7 Å². The van der Waals surface area contributed by atoms with Crippen molar-refractivity contribution < 1.29 is 0 Å². The molecule has 1 aromatic heterocycles. The van der Waals surface area contributed by atoms with E-state index in [1.807, 2.05) is 24.0 Å². The summed E-state index contributed by atoms with van der Waals surface area (Å²) in [5.41, 5.74) is 2.43. The highest BCUT2D eigenvalue weighted by atomic mass is 32.2. The number of nitrogens with one attached hydrogen (secondary N) is 1. The van der Waals surface area contributed by atoms with E-state index in [-0.39, 0.29) is 0 Å². The van der Waals surface area contributed by atoms with Gasteiger partial charge >= 0.3 is 0 Å². The van der Waals surface area contributed by atoms with Gasteiger partial charge in [0.2, 0.25) is 0 Å². The Balaban J connectivity index is 2.10. The van der Waals surface area contributed by atoms with Gasteiger partial charge in [0.1, 0.15) is 0 Å². The van der Waals surface area contributed by atoms with Gasteiger partial charge in [0.25, 0.3) is 0 Å². The summed E-state index contributed by atoms with van der Waals surface area (Å²) in [6, 6.07) is 4.13. The third-order valence-electron chi connectivity index (χ3n) is 2.31. The van der Waals surface area contributed by atoms with Gasteiger partial charge in [-0.15, -0.1) is 0 Å². The summed E-state index contributed by atoms with van der Waals surface area (Å²) in [4.78, 5) is 4.27.